The maximum Gasteiger partial charge on any atom is 0.269 e. The summed E-state index contributed by atoms with van der Waals surface area (Å²) in [6, 6.07) is 17.5. The first kappa shape index (κ1) is 20.8. The van der Waals surface area contributed by atoms with Gasteiger partial charge in [0.15, 0.2) is 0 Å². The van der Waals surface area contributed by atoms with Crippen LogP contribution in [0.3, 0.4) is 0 Å². The van der Waals surface area contributed by atoms with Crippen LogP contribution in [0.25, 0.3) is 0 Å². The van der Waals surface area contributed by atoms with Crippen LogP contribution in [0, 0.1) is 11.7 Å². The van der Waals surface area contributed by atoms with E-state index in [0.717, 1.165) is 36.2 Å². The quantitative estimate of drug-likeness (QED) is 0.666. The van der Waals surface area contributed by atoms with Crippen molar-refractivity contribution in [2.45, 2.75) is 25.9 Å². The van der Waals surface area contributed by atoms with Gasteiger partial charge in [0.1, 0.15) is 5.82 Å². The van der Waals surface area contributed by atoms with Crippen LogP contribution in [0.4, 0.5) is 10.1 Å². The molecule has 0 spiro atoms. The predicted octanol–water partition coefficient (Wildman–Crippen LogP) is 2.96. The normalized spacial score (nSPS) is 16.2. The first-order chi connectivity index (χ1) is 15.1. The molecule has 0 radical (unpaired) electrons. The standard InChI is InChI=1S/C24H25FN4O2/c25-21-10-4-8-19(12-21)14-26-24(31)20-9-5-11-28(17-20)22-13-23(30)29(27-15-22)16-18-6-2-1-3-7-18/h1-4,6-8,10,12-13,15,20H,5,9,11,14,16-17H2,(H,26,31)/t20-/m0/s1. The molecule has 1 aliphatic heterocycles. The van der Waals surface area contributed by atoms with Crippen LogP contribution in [-0.4, -0.2) is 28.8 Å². The summed E-state index contributed by atoms with van der Waals surface area (Å²) in [5.74, 6) is -0.557. The van der Waals surface area contributed by atoms with Gasteiger partial charge in [-0.05, 0) is 36.1 Å². The van der Waals surface area contributed by atoms with Gasteiger partial charge in [0.2, 0.25) is 5.91 Å². The predicted molar refractivity (Wildman–Crippen MR) is 117 cm³/mol. The van der Waals surface area contributed by atoms with Gasteiger partial charge in [0, 0.05) is 25.7 Å². The van der Waals surface area contributed by atoms with Crippen molar-refractivity contribution in [3.63, 3.8) is 0 Å². The van der Waals surface area contributed by atoms with Gasteiger partial charge in [-0.1, -0.05) is 42.5 Å². The minimum atomic E-state index is -0.315. The molecule has 31 heavy (non-hydrogen) atoms. The van der Waals surface area contributed by atoms with Gasteiger partial charge in [0.25, 0.3) is 5.56 Å². The molecule has 2 heterocycles. The number of nitrogens with zero attached hydrogens (tertiary/aromatic N) is 3. The molecule has 1 aromatic heterocycles. The number of hydrogen-bond acceptors (Lipinski definition) is 4. The number of halogens is 1. The highest BCUT2D eigenvalue weighted by molar-refractivity contribution is 5.79. The highest BCUT2D eigenvalue weighted by Crippen LogP contribution is 2.22. The summed E-state index contributed by atoms with van der Waals surface area (Å²) in [7, 11) is 0. The molecule has 3 aromatic rings. The van der Waals surface area contributed by atoms with Crippen molar-refractivity contribution in [3.05, 3.63) is 94.2 Å². The van der Waals surface area contributed by atoms with E-state index in [1.54, 1.807) is 24.4 Å². The highest BCUT2D eigenvalue weighted by Gasteiger charge is 2.26. The molecule has 0 bridgehead atoms. The Bertz CT molecular complexity index is 1100. The zero-order valence-electron chi connectivity index (χ0n) is 17.2. The van der Waals surface area contributed by atoms with Crippen LogP contribution in [0.2, 0.25) is 0 Å². The molecule has 1 saturated heterocycles. The Morgan fingerprint density at radius 1 is 1.10 bits per heavy atom. The van der Waals surface area contributed by atoms with Crippen LogP contribution >= 0.6 is 0 Å². The van der Waals surface area contributed by atoms with E-state index >= 15 is 0 Å². The van der Waals surface area contributed by atoms with Crippen molar-refractivity contribution in [2.75, 3.05) is 18.0 Å². The molecule has 1 fully saturated rings. The number of anilines is 1. The average Bonchev–Trinajstić information content (AvgIpc) is 2.80. The number of aromatic nitrogens is 2. The number of piperidine rings is 1. The third-order valence-electron chi connectivity index (χ3n) is 5.54. The summed E-state index contributed by atoms with van der Waals surface area (Å²) in [4.78, 5) is 27.2. The van der Waals surface area contributed by atoms with E-state index in [9.17, 15) is 14.0 Å². The van der Waals surface area contributed by atoms with Gasteiger partial charge in [-0.25, -0.2) is 9.07 Å². The minimum Gasteiger partial charge on any atom is -0.369 e. The van der Waals surface area contributed by atoms with Gasteiger partial charge in [0.05, 0.1) is 24.3 Å². The van der Waals surface area contributed by atoms with E-state index in [1.165, 1.54) is 16.8 Å². The molecule has 1 aliphatic rings. The fraction of sp³-hybridized carbons (Fsp3) is 0.292. The molecule has 0 aliphatic carbocycles. The monoisotopic (exact) mass is 420 g/mol. The van der Waals surface area contributed by atoms with Crippen molar-refractivity contribution in [1.82, 2.24) is 15.1 Å². The Balaban J connectivity index is 1.38. The van der Waals surface area contributed by atoms with Crippen LogP contribution in [-0.2, 0) is 17.9 Å². The molecular formula is C24H25FN4O2. The summed E-state index contributed by atoms with van der Waals surface area (Å²) in [5.41, 5.74) is 2.31. The van der Waals surface area contributed by atoms with E-state index < -0.39 is 0 Å². The Morgan fingerprint density at radius 3 is 2.68 bits per heavy atom. The maximum absolute atomic E-state index is 13.3. The highest BCUT2D eigenvalue weighted by atomic mass is 19.1. The molecule has 0 unspecified atom stereocenters. The fourth-order valence-corrected chi connectivity index (χ4v) is 3.88. The van der Waals surface area contributed by atoms with Gasteiger partial charge in [-0.3, -0.25) is 9.59 Å². The number of amides is 1. The molecule has 4 rings (SSSR count). The van der Waals surface area contributed by atoms with Crippen molar-refractivity contribution in [1.29, 1.82) is 0 Å². The molecule has 0 saturated carbocycles. The number of hydrogen-bond donors (Lipinski definition) is 1. The molecule has 1 amide bonds. The summed E-state index contributed by atoms with van der Waals surface area (Å²) in [6.45, 7) is 2.02. The molecule has 160 valence electrons. The zero-order chi connectivity index (χ0) is 21.6. The second kappa shape index (κ2) is 9.55. The molecule has 6 nitrogen and oxygen atoms in total. The van der Waals surface area contributed by atoms with Crippen LogP contribution in [0.15, 0.2) is 71.7 Å². The zero-order valence-corrected chi connectivity index (χ0v) is 17.2. The lowest BCUT2D eigenvalue weighted by atomic mass is 9.96. The van der Waals surface area contributed by atoms with Crippen molar-refractivity contribution < 1.29 is 9.18 Å². The summed E-state index contributed by atoms with van der Waals surface area (Å²) >= 11 is 0. The minimum absolute atomic E-state index is 0.0562. The molecule has 1 N–H and O–H groups in total. The third kappa shape index (κ3) is 5.36. The van der Waals surface area contributed by atoms with Gasteiger partial charge in [-0.2, -0.15) is 5.10 Å². The number of rotatable bonds is 6. The van der Waals surface area contributed by atoms with Gasteiger partial charge >= 0.3 is 0 Å². The average molecular weight is 420 g/mol. The number of benzene rings is 2. The van der Waals surface area contributed by atoms with Crippen LogP contribution in [0.5, 0.6) is 0 Å². The fourth-order valence-electron chi connectivity index (χ4n) is 3.88. The first-order valence-electron chi connectivity index (χ1n) is 10.5. The number of carbonyl (C=O) groups excluding carboxylic acids is 1. The molecule has 7 heteroatoms. The largest absolute Gasteiger partial charge is 0.369 e. The van der Waals surface area contributed by atoms with E-state index in [2.05, 4.69) is 10.4 Å². The Kier molecular flexibility index (Phi) is 6.40. The third-order valence-corrected chi connectivity index (χ3v) is 5.54. The maximum atomic E-state index is 13.3. The van der Waals surface area contributed by atoms with Gasteiger partial charge in [-0.15, -0.1) is 0 Å². The van der Waals surface area contributed by atoms with Crippen molar-refractivity contribution in [2.24, 2.45) is 5.92 Å². The summed E-state index contributed by atoms with van der Waals surface area (Å²) < 4.78 is 14.8. The van der Waals surface area contributed by atoms with E-state index in [0.29, 0.717) is 19.6 Å². The SMILES string of the molecule is O=C(NCc1cccc(F)c1)[C@H]1CCCN(c2cnn(Cc3ccccc3)c(=O)c2)C1. The smallest absolute Gasteiger partial charge is 0.269 e. The van der Waals surface area contributed by atoms with Crippen LogP contribution < -0.4 is 15.8 Å². The molecule has 1 atom stereocenters. The van der Waals surface area contributed by atoms with Crippen molar-refractivity contribution >= 4 is 11.6 Å². The lowest BCUT2D eigenvalue weighted by Crippen LogP contribution is -2.43. The van der Waals surface area contributed by atoms with E-state index in [4.69, 9.17) is 0 Å². The second-order valence-corrected chi connectivity index (χ2v) is 7.83. The molecule has 2 aromatic carbocycles. The van der Waals surface area contributed by atoms with E-state index in [1.807, 2.05) is 35.2 Å². The van der Waals surface area contributed by atoms with Gasteiger partial charge < -0.3 is 10.2 Å². The Hall–Kier alpha value is -3.48. The van der Waals surface area contributed by atoms with E-state index in [-0.39, 0.29) is 23.2 Å². The lowest BCUT2D eigenvalue weighted by molar-refractivity contribution is -0.125. The Morgan fingerprint density at radius 2 is 1.90 bits per heavy atom. The topological polar surface area (TPSA) is 67.2 Å². The summed E-state index contributed by atoms with van der Waals surface area (Å²) in [6.07, 6.45) is 3.33. The Labute approximate surface area is 180 Å². The number of nitrogens with one attached hydrogen (secondary N) is 1. The summed E-state index contributed by atoms with van der Waals surface area (Å²) in [5, 5.41) is 7.23. The molecular weight excluding hydrogens is 395 g/mol. The van der Waals surface area contributed by atoms with Crippen molar-refractivity contribution in [3.8, 4) is 0 Å². The second-order valence-electron chi connectivity index (χ2n) is 7.83. The lowest BCUT2D eigenvalue weighted by Gasteiger charge is -2.33. The first-order valence-corrected chi connectivity index (χ1v) is 10.5. The van der Waals surface area contributed by atoms with Crippen LogP contribution in [0.1, 0.15) is 24.0 Å². The number of carbonyl (C=O) groups is 1.